The summed E-state index contributed by atoms with van der Waals surface area (Å²) in [5, 5.41) is 13.4. The minimum atomic E-state index is -5.17. The summed E-state index contributed by atoms with van der Waals surface area (Å²) in [5.41, 5.74) is -1.60. The van der Waals surface area contributed by atoms with Crippen molar-refractivity contribution in [1.29, 1.82) is 0 Å². The molecule has 2 saturated carbocycles. The lowest BCUT2D eigenvalue weighted by Crippen LogP contribution is -2.68. The maximum Gasteiger partial charge on any atom is 0.411 e. The zero-order valence-electron chi connectivity index (χ0n) is 38.3. The molecule has 0 radical (unpaired) electrons. The molecule has 1 saturated heterocycles. The minimum Gasteiger partial charge on any atom is -0.491 e. The molecule has 4 heterocycles. The summed E-state index contributed by atoms with van der Waals surface area (Å²) < 4.78 is 91.1. The first-order valence-corrected chi connectivity index (χ1v) is 24.7. The SMILES string of the molecule is CC[C@@H]1O[C@H](C)CC/C=C\[C@@H]2C[C@@]2(C(=O)NS(=O)(=O)C2(C)CC2)NC(=O)[C@@H]2C[C@@H](Oc3cc(-c4ccc(OC(C)C)cc4)nc(-c4cncs4)c3)CN2C(=O)[C@H]1N(C(=O)O)C(C)(C)C(F)(F)F. The van der Waals surface area contributed by atoms with Crippen LogP contribution in [0.1, 0.15) is 93.4 Å². The number of amides is 4. The Balaban J connectivity index is 1.30. The van der Waals surface area contributed by atoms with Gasteiger partial charge in [-0.1, -0.05) is 19.1 Å². The largest absolute Gasteiger partial charge is 0.491 e. The fourth-order valence-electron chi connectivity index (χ4n) is 8.60. The van der Waals surface area contributed by atoms with Gasteiger partial charge >= 0.3 is 12.3 Å². The van der Waals surface area contributed by atoms with Gasteiger partial charge in [-0.15, -0.1) is 11.3 Å². The minimum absolute atomic E-state index is 0.0117. The molecule has 21 heteroatoms. The number of hydrogen-bond acceptors (Lipinski definition) is 12. The average molecular weight is 975 g/mol. The second-order valence-electron chi connectivity index (χ2n) is 18.8. The lowest BCUT2D eigenvalue weighted by Gasteiger charge is -2.45. The summed E-state index contributed by atoms with van der Waals surface area (Å²) >= 11 is 1.32. The first-order chi connectivity index (χ1) is 31.4. The number of hydrogen-bond donors (Lipinski definition) is 3. The number of thiazole rings is 1. The van der Waals surface area contributed by atoms with Crippen LogP contribution in [0.4, 0.5) is 18.0 Å². The summed E-state index contributed by atoms with van der Waals surface area (Å²) in [7, 11) is -4.16. The van der Waals surface area contributed by atoms with Gasteiger partial charge < -0.3 is 29.5 Å². The maximum absolute atomic E-state index is 15.3. The van der Waals surface area contributed by atoms with E-state index in [1.807, 2.05) is 26.0 Å². The number of alkyl halides is 3. The van der Waals surface area contributed by atoms with Crippen molar-refractivity contribution >= 4 is 45.2 Å². The predicted octanol–water partition coefficient (Wildman–Crippen LogP) is 7.10. The van der Waals surface area contributed by atoms with E-state index >= 15 is 4.79 Å². The number of rotatable bonds is 12. The number of carbonyl (C=O) groups is 4. The van der Waals surface area contributed by atoms with Crippen LogP contribution in [0.2, 0.25) is 0 Å². The van der Waals surface area contributed by atoms with Crippen LogP contribution in [-0.4, -0.2) is 122 Å². The third-order valence-corrected chi connectivity index (χ3v) is 16.0. The molecule has 2 aromatic heterocycles. The normalized spacial score (nSPS) is 27.1. The predicted molar refractivity (Wildman–Crippen MR) is 242 cm³/mol. The highest BCUT2D eigenvalue weighted by atomic mass is 32.2. The van der Waals surface area contributed by atoms with Crippen molar-refractivity contribution in [2.24, 2.45) is 5.92 Å². The van der Waals surface area contributed by atoms with E-state index in [4.69, 9.17) is 19.2 Å². The van der Waals surface area contributed by atoms with Gasteiger partial charge in [-0.25, -0.2) is 18.2 Å². The highest BCUT2D eigenvalue weighted by Gasteiger charge is 2.64. The number of benzene rings is 1. The third kappa shape index (κ3) is 10.3. The Morgan fingerprint density at radius 1 is 1.12 bits per heavy atom. The van der Waals surface area contributed by atoms with Crippen molar-refractivity contribution in [2.75, 3.05) is 6.54 Å². The molecule has 16 nitrogen and oxygen atoms in total. The molecule has 2 aliphatic heterocycles. The van der Waals surface area contributed by atoms with Crippen molar-refractivity contribution in [3.8, 4) is 33.3 Å². The van der Waals surface area contributed by atoms with E-state index in [1.54, 1.807) is 62.0 Å². The topological polar surface area (TPSA) is 207 Å². The van der Waals surface area contributed by atoms with E-state index in [2.05, 4.69) is 15.0 Å². The zero-order chi connectivity index (χ0) is 48.9. The van der Waals surface area contributed by atoms with Gasteiger partial charge in [-0.3, -0.25) is 29.0 Å². The first-order valence-electron chi connectivity index (χ1n) is 22.3. The Hall–Kier alpha value is -5.28. The summed E-state index contributed by atoms with van der Waals surface area (Å²) in [6.45, 7) is 9.43. The summed E-state index contributed by atoms with van der Waals surface area (Å²) in [4.78, 5) is 68.1. The van der Waals surface area contributed by atoms with Crippen LogP contribution >= 0.6 is 11.3 Å². The van der Waals surface area contributed by atoms with Gasteiger partial charge in [0.1, 0.15) is 40.8 Å². The van der Waals surface area contributed by atoms with Crippen molar-refractivity contribution in [3.05, 3.63) is 60.3 Å². The van der Waals surface area contributed by atoms with Crippen LogP contribution in [-0.2, 0) is 29.1 Å². The summed E-state index contributed by atoms with van der Waals surface area (Å²) in [6, 6.07) is 6.87. The van der Waals surface area contributed by atoms with E-state index in [9.17, 15) is 41.1 Å². The van der Waals surface area contributed by atoms with E-state index in [0.29, 0.717) is 60.7 Å². The number of allylic oxidation sites excluding steroid dienone is 1. The second kappa shape index (κ2) is 18.7. The van der Waals surface area contributed by atoms with Crippen molar-refractivity contribution < 1.29 is 60.1 Å². The van der Waals surface area contributed by atoms with Gasteiger partial charge in [0.2, 0.25) is 21.8 Å². The fourth-order valence-corrected chi connectivity index (χ4v) is 10.5. The van der Waals surface area contributed by atoms with Gasteiger partial charge in [0, 0.05) is 36.2 Å². The lowest BCUT2D eigenvalue weighted by atomic mass is 9.95. The van der Waals surface area contributed by atoms with Crippen molar-refractivity contribution in [1.82, 2.24) is 29.8 Å². The highest BCUT2D eigenvalue weighted by Crippen LogP contribution is 2.48. The Morgan fingerprint density at radius 2 is 1.81 bits per heavy atom. The van der Waals surface area contributed by atoms with Gasteiger partial charge in [0.05, 0.1) is 51.4 Å². The fraction of sp³-hybridized carbons (Fsp3) is 0.565. The van der Waals surface area contributed by atoms with Gasteiger partial charge in [0.25, 0.3) is 5.91 Å². The number of fused-ring (bicyclic) bond motifs is 2. The van der Waals surface area contributed by atoms with Crippen LogP contribution in [0, 0.1) is 5.92 Å². The van der Waals surface area contributed by atoms with Crippen molar-refractivity contribution in [3.63, 3.8) is 0 Å². The van der Waals surface area contributed by atoms with Gasteiger partial charge in [-0.2, -0.15) is 13.2 Å². The molecule has 3 fully saturated rings. The van der Waals surface area contributed by atoms with Crippen LogP contribution in [0.15, 0.2) is 60.3 Å². The van der Waals surface area contributed by atoms with E-state index in [0.717, 1.165) is 4.90 Å². The number of nitrogens with one attached hydrogen (secondary N) is 2. The Morgan fingerprint density at radius 3 is 2.40 bits per heavy atom. The number of carbonyl (C=O) groups excluding carboxylic acids is 3. The third-order valence-electron chi connectivity index (χ3n) is 13.1. The monoisotopic (exact) mass is 974 g/mol. The number of sulfonamides is 1. The first kappa shape index (κ1) is 49.6. The van der Waals surface area contributed by atoms with Crippen LogP contribution in [0.25, 0.3) is 21.8 Å². The molecule has 4 amide bonds. The maximum atomic E-state index is 15.3. The molecule has 3 N–H and O–H groups in total. The molecule has 4 aliphatic rings. The van der Waals surface area contributed by atoms with Crippen LogP contribution in [0.5, 0.6) is 11.5 Å². The van der Waals surface area contributed by atoms with Gasteiger partial charge in [0.15, 0.2) is 0 Å². The number of pyridine rings is 1. The molecule has 2 aliphatic carbocycles. The standard InChI is InChI=1S/C46H57F3N6O10S2/c1-8-36-38(55(42(59)60)43(5,6)46(47,48)49)40(57)54-24-32(65-31-19-33(51-34(20-31)37-23-50-25-66-37)28-13-15-30(16-14-28)63-26(2)3)21-35(54)39(56)52-45(22-29(45)12-10-9-11-27(4)64-36)41(58)53-67(61,62)44(7)17-18-44/h10,12-16,19-20,23,25-27,29,32,35-36,38H,8-9,11,17-18,21-22,24H2,1-7H3,(H,52,56)(H,53,58)(H,59,60)/b12-10-/t27-,29-,32-,35+,36+,38+,45-/m1/s1. The molecule has 67 heavy (non-hydrogen) atoms. The molecular weight excluding hydrogens is 918 g/mol. The van der Waals surface area contributed by atoms with Crippen molar-refractivity contribution in [2.45, 2.75) is 152 Å². The lowest BCUT2D eigenvalue weighted by molar-refractivity contribution is -0.226. The Labute approximate surface area is 391 Å². The molecule has 7 atom stereocenters. The van der Waals surface area contributed by atoms with Crippen LogP contribution < -0.4 is 19.5 Å². The summed E-state index contributed by atoms with van der Waals surface area (Å²) in [6.07, 6.45) is -4.42. The highest BCUT2D eigenvalue weighted by molar-refractivity contribution is 7.91. The molecular formula is C46H57F3N6O10S2. The number of nitrogens with zero attached hydrogens (tertiary/aromatic N) is 4. The van der Waals surface area contributed by atoms with Gasteiger partial charge in [-0.05, 0) is 104 Å². The molecule has 0 bridgehead atoms. The molecule has 1 aromatic carbocycles. The number of halogens is 3. The smallest absolute Gasteiger partial charge is 0.411 e. The molecule has 0 unspecified atom stereocenters. The molecule has 0 spiro atoms. The molecule has 364 valence electrons. The number of ether oxygens (including phenoxy) is 3. The zero-order valence-corrected chi connectivity index (χ0v) is 40.0. The van der Waals surface area contributed by atoms with E-state index in [1.165, 1.54) is 18.3 Å². The molecule has 3 aromatic rings. The van der Waals surface area contributed by atoms with Crippen LogP contribution in [0.3, 0.4) is 0 Å². The Bertz CT molecular complexity index is 2480. The summed E-state index contributed by atoms with van der Waals surface area (Å²) in [5.74, 6) is -2.80. The second-order valence-corrected chi connectivity index (χ2v) is 21.9. The quantitative estimate of drug-likeness (QED) is 0.155. The number of carboxylic acid groups (broad SMARTS) is 1. The van der Waals surface area contributed by atoms with E-state index in [-0.39, 0.29) is 42.4 Å². The average Bonchev–Trinajstić information content (AvgIpc) is 4.00. The number of aromatic nitrogens is 2. The Kier molecular flexibility index (Phi) is 13.8. The van der Waals surface area contributed by atoms with E-state index < -0.39 is 98.7 Å². The molecule has 7 rings (SSSR count).